The van der Waals surface area contributed by atoms with Crippen molar-refractivity contribution in [3.05, 3.63) is 75.3 Å². The van der Waals surface area contributed by atoms with Crippen LogP contribution in [0.1, 0.15) is 29.3 Å². The number of aryl methyl sites for hydroxylation is 2. The minimum Gasteiger partial charge on any atom is -0.321 e. The summed E-state index contributed by atoms with van der Waals surface area (Å²) in [7, 11) is 0. The number of anilines is 3. The highest BCUT2D eigenvalue weighted by molar-refractivity contribution is 7.14. The smallest absolute Gasteiger partial charge is 0.321 e. The van der Waals surface area contributed by atoms with Gasteiger partial charge in [0.1, 0.15) is 0 Å². The summed E-state index contributed by atoms with van der Waals surface area (Å²) in [6.07, 6.45) is -1.84. The standard InChI is InChI=1S/C23H19ClF3N3O2S/c1-13-9-14(2)21(19(24)10-13)29-20(32)8-7-17-12-33-22(28-17)30(15(3)31)18-6-4-5-16(11-18)23(25,26)27/h4-12H,1-3H3,(H,29,32)/b8-7+. The second-order valence-corrected chi connectivity index (χ2v) is 8.46. The number of rotatable bonds is 5. The van der Waals surface area contributed by atoms with Crippen molar-refractivity contribution in [1.29, 1.82) is 0 Å². The van der Waals surface area contributed by atoms with Gasteiger partial charge < -0.3 is 5.32 Å². The predicted octanol–water partition coefficient (Wildman–Crippen LogP) is 6.77. The van der Waals surface area contributed by atoms with Crippen LogP contribution in [0.15, 0.2) is 47.9 Å². The molecule has 10 heteroatoms. The number of nitrogens with one attached hydrogen (secondary N) is 1. The molecule has 0 fully saturated rings. The number of aromatic nitrogens is 1. The van der Waals surface area contributed by atoms with Crippen molar-refractivity contribution >= 4 is 57.3 Å². The highest BCUT2D eigenvalue weighted by Crippen LogP contribution is 2.35. The van der Waals surface area contributed by atoms with E-state index in [4.69, 9.17) is 11.6 Å². The summed E-state index contributed by atoms with van der Waals surface area (Å²) >= 11 is 7.27. The maximum atomic E-state index is 13.1. The van der Waals surface area contributed by atoms with Gasteiger partial charge in [0, 0.05) is 18.4 Å². The number of carbonyl (C=O) groups excluding carboxylic acids is 2. The molecule has 0 saturated carbocycles. The average molecular weight is 494 g/mol. The summed E-state index contributed by atoms with van der Waals surface area (Å²) in [4.78, 5) is 29.9. The molecule has 1 N–H and O–H groups in total. The Morgan fingerprint density at radius 1 is 1.18 bits per heavy atom. The fraction of sp³-hybridized carbons (Fsp3) is 0.174. The predicted molar refractivity (Wildman–Crippen MR) is 125 cm³/mol. The van der Waals surface area contributed by atoms with E-state index in [1.807, 2.05) is 19.9 Å². The van der Waals surface area contributed by atoms with Crippen LogP contribution in [0.5, 0.6) is 0 Å². The average Bonchev–Trinajstić information content (AvgIpc) is 3.17. The Morgan fingerprint density at radius 3 is 2.55 bits per heavy atom. The van der Waals surface area contributed by atoms with Crippen LogP contribution < -0.4 is 10.2 Å². The molecule has 0 spiro atoms. The molecule has 1 heterocycles. The molecule has 0 aliphatic heterocycles. The molecule has 0 saturated heterocycles. The van der Waals surface area contributed by atoms with E-state index in [9.17, 15) is 22.8 Å². The lowest BCUT2D eigenvalue weighted by Gasteiger charge is -2.19. The summed E-state index contributed by atoms with van der Waals surface area (Å²) in [5, 5.41) is 4.91. The number of alkyl halides is 3. The highest BCUT2D eigenvalue weighted by atomic mass is 35.5. The number of benzene rings is 2. The van der Waals surface area contributed by atoms with Gasteiger partial charge in [-0.1, -0.05) is 23.7 Å². The molecule has 5 nitrogen and oxygen atoms in total. The van der Waals surface area contributed by atoms with E-state index in [-0.39, 0.29) is 10.8 Å². The van der Waals surface area contributed by atoms with Crippen LogP contribution in [0.2, 0.25) is 5.02 Å². The zero-order valence-electron chi connectivity index (χ0n) is 17.8. The molecule has 0 radical (unpaired) electrons. The number of nitrogens with zero attached hydrogens (tertiary/aromatic N) is 2. The number of hydrogen-bond acceptors (Lipinski definition) is 4. The van der Waals surface area contributed by atoms with Crippen molar-refractivity contribution < 1.29 is 22.8 Å². The third-order valence-electron chi connectivity index (χ3n) is 4.53. The lowest BCUT2D eigenvalue weighted by molar-refractivity contribution is -0.137. The van der Waals surface area contributed by atoms with Crippen molar-refractivity contribution in [2.75, 3.05) is 10.2 Å². The van der Waals surface area contributed by atoms with E-state index in [1.54, 1.807) is 11.4 Å². The Bertz CT molecular complexity index is 1210. The van der Waals surface area contributed by atoms with Crippen molar-refractivity contribution in [2.24, 2.45) is 0 Å². The van der Waals surface area contributed by atoms with Gasteiger partial charge in [0.25, 0.3) is 0 Å². The third kappa shape index (κ3) is 6.00. The summed E-state index contributed by atoms with van der Waals surface area (Å²) in [6.45, 7) is 4.96. The molecule has 3 rings (SSSR count). The topological polar surface area (TPSA) is 62.3 Å². The number of halogens is 4. The molecule has 0 atom stereocenters. The highest BCUT2D eigenvalue weighted by Gasteiger charge is 2.31. The number of carbonyl (C=O) groups is 2. The first-order valence-electron chi connectivity index (χ1n) is 9.65. The summed E-state index contributed by atoms with van der Waals surface area (Å²) in [5.74, 6) is -0.929. The zero-order valence-corrected chi connectivity index (χ0v) is 19.4. The van der Waals surface area contributed by atoms with E-state index in [1.165, 1.54) is 31.2 Å². The minimum atomic E-state index is -4.54. The van der Waals surface area contributed by atoms with Gasteiger partial charge in [0.2, 0.25) is 11.8 Å². The first-order chi connectivity index (χ1) is 15.5. The molecule has 172 valence electrons. The Labute approximate surface area is 197 Å². The normalized spacial score (nSPS) is 11.6. The van der Waals surface area contributed by atoms with Crippen molar-refractivity contribution in [3.63, 3.8) is 0 Å². The molecule has 1 aromatic heterocycles. The largest absolute Gasteiger partial charge is 0.416 e. The molecule has 2 aromatic carbocycles. The van der Waals surface area contributed by atoms with Gasteiger partial charge in [0.15, 0.2) is 5.13 Å². The van der Waals surface area contributed by atoms with Crippen LogP contribution in [0.3, 0.4) is 0 Å². The van der Waals surface area contributed by atoms with Gasteiger partial charge in [-0.3, -0.25) is 14.5 Å². The summed E-state index contributed by atoms with van der Waals surface area (Å²) < 4.78 is 39.2. The van der Waals surface area contributed by atoms with Crippen LogP contribution in [-0.4, -0.2) is 16.8 Å². The molecule has 0 unspecified atom stereocenters. The fourth-order valence-electron chi connectivity index (χ4n) is 3.10. The first kappa shape index (κ1) is 24.5. The maximum absolute atomic E-state index is 13.1. The van der Waals surface area contributed by atoms with Gasteiger partial charge in [0.05, 0.1) is 27.7 Å². The van der Waals surface area contributed by atoms with Crippen LogP contribution in [0.25, 0.3) is 6.08 Å². The second kappa shape index (κ2) is 9.76. The number of hydrogen-bond donors (Lipinski definition) is 1. The van der Waals surface area contributed by atoms with Crippen molar-refractivity contribution in [1.82, 2.24) is 4.98 Å². The Hall–Kier alpha value is -3.17. The third-order valence-corrected chi connectivity index (χ3v) is 5.68. The molecule has 0 aliphatic rings. The molecular weight excluding hydrogens is 475 g/mol. The van der Waals surface area contributed by atoms with E-state index in [0.717, 1.165) is 39.5 Å². The molecule has 0 aliphatic carbocycles. The molecule has 0 bridgehead atoms. The van der Waals surface area contributed by atoms with Gasteiger partial charge in [-0.15, -0.1) is 11.3 Å². The van der Waals surface area contributed by atoms with E-state index < -0.39 is 23.6 Å². The zero-order chi connectivity index (χ0) is 24.3. The van der Waals surface area contributed by atoms with Gasteiger partial charge in [-0.05, 0) is 55.3 Å². The fourth-order valence-corrected chi connectivity index (χ4v) is 4.33. The SMILES string of the molecule is CC(=O)N(c1cccc(C(F)(F)F)c1)c1nc(/C=C/C(=O)Nc2c(C)cc(C)cc2Cl)cs1. The summed E-state index contributed by atoms with van der Waals surface area (Å²) in [5.41, 5.74) is 1.83. The van der Waals surface area contributed by atoms with Crippen LogP contribution >= 0.6 is 22.9 Å². The molecule has 3 aromatic rings. The first-order valence-corrected chi connectivity index (χ1v) is 10.9. The lowest BCUT2D eigenvalue weighted by atomic mass is 10.1. The van der Waals surface area contributed by atoms with E-state index in [2.05, 4.69) is 10.3 Å². The second-order valence-electron chi connectivity index (χ2n) is 7.22. The lowest BCUT2D eigenvalue weighted by Crippen LogP contribution is -2.23. The van der Waals surface area contributed by atoms with Crippen LogP contribution in [0.4, 0.5) is 29.7 Å². The quantitative estimate of drug-likeness (QED) is 0.399. The van der Waals surface area contributed by atoms with Crippen molar-refractivity contribution in [3.8, 4) is 0 Å². The Kier molecular flexibility index (Phi) is 7.24. The van der Waals surface area contributed by atoms with Gasteiger partial charge >= 0.3 is 6.18 Å². The summed E-state index contributed by atoms with van der Waals surface area (Å²) in [6, 6.07) is 8.07. The van der Waals surface area contributed by atoms with Crippen LogP contribution in [-0.2, 0) is 15.8 Å². The number of thiazole rings is 1. The van der Waals surface area contributed by atoms with Crippen LogP contribution in [0, 0.1) is 13.8 Å². The minimum absolute atomic E-state index is 0.0458. The molecule has 33 heavy (non-hydrogen) atoms. The Morgan fingerprint density at radius 2 is 1.91 bits per heavy atom. The van der Waals surface area contributed by atoms with Gasteiger partial charge in [-0.2, -0.15) is 13.2 Å². The Balaban J connectivity index is 1.80. The van der Waals surface area contributed by atoms with Crippen molar-refractivity contribution in [2.45, 2.75) is 26.9 Å². The number of amides is 2. The van der Waals surface area contributed by atoms with Gasteiger partial charge in [-0.25, -0.2) is 4.98 Å². The van der Waals surface area contributed by atoms with E-state index >= 15 is 0 Å². The van der Waals surface area contributed by atoms with E-state index in [0.29, 0.717) is 16.4 Å². The molecule has 2 amide bonds. The maximum Gasteiger partial charge on any atom is 0.416 e. The monoisotopic (exact) mass is 493 g/mol. The molecular formula is C23H19ClF3N3O2S.